The van der Waals surface area contributed by atoms with Crippen molar-refractivity contribution >= 4 is 5.91 Å². The van der Waals surface area contributed by atoms with Gasteiger partial charge >= 0.3 is 6.36 Å². The molecule has 0 bridgehead atoms. The minimum Gasteiger partial charge on any atom is -0.406 e. The van der Waals surface area contributed by atoms with Crippen molar-refractivity contribution in [2.45, 2.75) is 56.0 Å². The van der Waals surface area contributed by atoms with E-state index in [0.29, 0.717) is 0 Å². The Morgan fingerprint density at radius 1 is 1.26 bits per heavy atom. The lowest BCUT2D eigenvalue weighted by molar-refractivity contribution is -0.274. The molecule has 152 valence electrons. The lowest BCUT2D eigenvalue weighted by Crippen LogP contribution is -2.54. The van der Waals surface area contributed by atoms with Crippen molar-refractivity contribution in [1.29, 1.82) is 0 Å². The van der Waals surface area contributed by atoms with E-state index in [2.05, 4.69) is 10.1 Å². The molecular formula is C16H16F7NO3. The van der Waals surface area contributed by atoms with E-state index in [4.69, 9.17) is 0 Å². The average Bonchev–Trinajstić information content (AvgIpc) is 2.41. The number of hydrogen-bond acceptors (Lipinski definition) is 3. The van der Waals surface area contributed by atoms with Gasteiger partial charge in [0.25, 0.3) is 5.92 Å². The molecule has 2 rings (SSSR count). The molecule has 4 nitrogen and oxygen atoms in total. The fraction of sp³-hybridized carbons (Fsp3) is 0.562. The molecule has 0 heterocycles. The van der Waals surface area contributed by atoms with Crippen molar-refractivity contribution in [3.8, 4) is 5.75 Å². The number of hydrogen-bond donors (Lipinski definition) is 2. The normalized spacial score (nSPS) is 19.3. The summed E-state index contributed by atoms with van der Waals surface area (Å²) >= 11 is 0. The molecule has 1 aliphatic rings. The van der Waals surface area contributed by atoms with E-state index in [9.17, 15) is 40.6 Å². The molecular weight excluding hydrogens is 387 g/mol. The van der Waals surface area contributed by atoms with Crippen LogP contribution in [0.1, 0.15) is 37.3 Å². The Morgan fingerprint density at radius 2 is 1.89 bits per heavy atom. The number of carbonyl (C=O) groups excluding carboxylic acids is 1. The van der Waals surface area contributed by atoms with Crippen LogP contribution in [0.2, 0.25) is 0 Å². The molecule has 1 aliphatic carbocycles. The van der Waals surface area contributed by atoms with Crippen molar-refractivity contribution in [1.82, 2.24) is 5.32 Å². The highest BCUT2D eigenvalue weighted by Gasteiger charge is 2.56. The molecule has 1 saturated carbocycles. The minimum absolute atomic E-state index is 0.0867. The average molecular weight is 403 g/mol. The maximum absolute atomic E-state index is 12.9. The molecule has 27 heavy (non-hydrogen) atoms. The van der Waals surface area contributed by atoms with Crippen molar-refractivity contribution in [3.63, 3.8) is 0 Å². The first kappa shape index (κ1) is 21.3. The fourth-order valence-corrected chi connectivity index (χ4v) is 2.97. The summed E-state index contributed by atoms with van der Waals surface area (Å²) in [7, 11) is 0. The van der Waals surface area contributed by atoms with E-state index in [-0.39, 0.29) is 5.56 Å². The van der Waals surface area contributed by atoms with Gasteiger partial charge in [0.15, 0.2) is 0 Å². The molecule has 1 fully saturated rings. The van der Waals surface area contributed by atoms with Crippen molar-refractivity contribution in [2.24, 2.45) is 0 Å². The van der Waals surface area contributed by atoms with Crippen molar-refractivity contribution in [2.75, 3.05) is 0 Å². The zero-order valence-electron chi connectivity index (χ0n) is 13.7. The number of nitrogens with one attached hydrogen (secondary N) is 1. The first-order valence-electron chi connectivity index (χ1n) is 7.80. The van der Waals surface area contributed by atoms with Gasteiger partial charge in [-0.05, 0) is 17.7 Å². The molecule has 2 N–H and O–H groups in total. The van der Waals surface area contributed by atoms with Crippen LogP contribution in [0.25, 0.3) is 0 Å². The van der Waals surface area contributed by atoms with Crippen LogP contribution in [0, 0.1) is 0 Å². The van der Waals surface area contributed by atoms with Gasteiger partial charge in [0.1, 0.15) is 5.75 Å². The van der Waals surface area contributed by atoms with Gasteiger partial charge in [-0.15, -0.1) is 13.2 Å². The van der Waals surface area contributed by atoms with Crippen LogP contribution >= 0.6 is 0 Å². The molecule has 0 saturated heterocycles. The molecule has 1 aromatic rings. The minimum atomic E-state index is -4.99. The van der Waals surface area contributed by atoms with Crippen LogP contribution in [-0.2, 0) is 4.79 Å². The van der Waals surface area contributed by atoms with E-state index < -0.39 is 67.7 Å². The van der Waals surface area contributed by atoms with Gasteiger partial charge in [-0.1, -0.05) is 12.1 Å². The number of carbonyl (C=O) groups is 1. The van der Waals surface area contributed by atoms with E-state index in [1.807, 2.05) is 0 Å². The lowest BCUT2D eigenvalue weighted by Gasteiger charge is -2.42. The second-order valence-corrected chi connectivity index (χ2v) is 6.48. The second kappa shape index (κ2) is 7.53. The molecule has 0 radical (unpaired) electrons. The number of benzene rings is 1. The van der Waals surface area contributed by atoms with E-state index in [1.165, 1.54) is 6.07 Å². The Kier molecular flexibility index (Phi) is 5.93. The van der Waals surface area contributed by atoms with Gasteiger partial charge in [0.05, 0.1) is 18.1 Å². The Hall–Kier alpha value is -2.04. The van der Waals surface area contributed by atoms with Gasteiger partial charge in [-0.2, -0.15) is 0 Å². The third-order valence-electron chi connectivity index (χ3n) is 3.91. The van der Waals surface area contributed by atoms with E-state index in [0.717, 1.165) is 18.2 Å². The third-order valence-corrected chi connectivity index (χ3v) is 3.91. The standard InChI is InChI=1S/C16H16F7NO3/c17-12(18)5-11(9-2-1-3-10(4-9)27-16(21,22)23)24-13(25)6-14(26)7-15(19,20)8-14/h1-4,11-12,26H,5-8H2,(H,24,25). The van der Waals surface area contributed by atoms with Crippen molar-refractivity contribution < 1.29 is 45.4 Å². The number of ether oxygens (including phenoxy) is 1. The topological polar surface area (TPSA) is 58.6 Å². The monoisotopic (exact) mass is 403 g/mol. The predicted octanol–water partition coefficient (Wildman–Crippen LogP) is 3.95. The molecule has 1 unspecified atom stereocenters. The van der Waals surface area contributed by atoms with Gasteiger partial charge in [0.2, 0.25) is 12.3 Å². The Bertz CT molecular complexity index is 670. The van der Waals surface area contributed by atoms with Crippen LogP contribution in [0.5, 0.6) is 5.75 Å². The van der Waals surface area contributed by atoms with Crippen LogP contribution in [0.4, 0.5) is 30.7 Å². The highest BCUT2D eigenvalue weighted by atomic mass is 19.4. The molecule has 0 spiro atoms. The summed E-state index contributed by atoms with van der Waals surface area (Å²) < 4.78 is 91.9. The van der Waals surface area contributed by atoms with Crippen LogP contribution in [-0.4, -0.2) is 35.3 Å². The van der Waals surface area contributed by atoms with Gasteiger partial charge in [-0.25, -0.2) is 17.6 Å². The summed E-state index contributed by atoms with van der Waals surface area (Å²) in [6.45, 7) is 0. The molecule has 0 aromatic heterocycles. The van der Waals surface area contributed by atoms with E-state index >= 15 is 0 Å². The molecule has 1 aromatic carbocycles. The van der Waals surface area contributed by atoms with Crippen LogP contribution < -0.4 is 10.1 Å². The maximum atomic E-state index is 12.9. The fourth-order valence-electron chi connectivity index (χ4n) is 2.97. The smallest absolute Gasteiger partial charge is 0.406 e. The van der Waals surface area contributed by atoms with Gasteiger partial charge in [-0.3, -0.25) is 4.79 Å². The summed E-state index contributed by atoms with van der Waals surface area (Å²) in [6.07, 6.45) is -11.4. The lowest BCUT2D eigenvalue weighted by atomic mass is 9.74. The number of aliphatic hydroxyl groups is 1. The van der Waals surface area contributed by atoms with Gasteiger partial charge < -0.3 is 15.2 Å². The molecule has 11 heteroatoms. The summed E-state index contributed by atoms with van der Waals surface area (Å²) in [6, 6.07) is 2.74. The number of amides is 1. The molecule has 0 aliphatic heterocycles. The van der Waals surface area contributed by atoms with Crippen molar-refractivity contribution in [3.05, 3.63) is 29.8 Å². The predicted molar refractivity (Wildman–Crippen MR) is 78.4 cm³/mol. The molecule has 1 amide bonds. The Labute approximate surface area is 149 Å². The quantitative estimate of drug-likeness (QED) is 0.678. The second-order valence-electron chi connectivity index (χ2n) is 6.48. The first-order chi connectivity index (χ1) is 12.3. The maximum Gasteiger partial charge on any atom is 0.573 e. The van der Waals surface area contributed by atoms with Crippen LogP contribution in [0.3, 0.4) is 0 Å². The number of halogens is 7. The summed E-state index contributed by atoms with van der Waals surface area (Å²) in [5, 5.41) is 12.0. The third kappa shape index (κ3) is 6.56. The van der Waals surface area contributed by atoms with Crippen LogP contribution in [0.15, 0.2) is 24.3 Å². The highest BCUT2D eigenvalue weighted by molar-refractivity contribution is 5.77. The summed E-state index contributed by atoms with van der Waals surface area (Å²) in [5.41, 5.74) is -2.03. The van der Waals surface area contributed by atoms with E-state index in [1.54, 1.807) is 0 Å². The SMILES string of the molecule is O=C(CC1(O)CC(F)(F)C1)NC(CC(F)F)c1cccc(OC(F)(F)F)c1. The Morgan fingerprint density at radius 3 is 2.41 bits per heavy atom. The summed E-state index contributed by atoms with van der Waals surface area (Å²) in [5.74, 6) is -4.73. The Balaban J connectivity index is 2.09. The molecule has 1 atom stereocenters. The van der Waals surface area contributed by atoms with Gasteiger partial charge in [0, 0.05) is 19.3 Å². The highest BCUT2D eigenvalue weighted by Crippen LogP contribution is 2.47. The number of alkyl halides is 7. The number of rotatable bonds is 7. The summed E-state index contributed by atoms with van der Waals surface area (Å²) in [4.78, 5) is 12.0. The largest absolute Gasteiger partial charge is 0.573 e. The zero-order valence-corrected chi connectivity index (χ0v) is 13.7. The first-order valence-corrected chi connectivity index (χ1v) is 7.80. The zero-order chi connectivity index (χ0) is 20.5.